The van der Waals surface area contributed by atoms with Gasteiger partial charge in [0.15, 0.2) is 0 Å². The Balaban J connectivity index is 3.15. The van der Waals surface area contributed by atoms with Crippen LogP contribution in [0.3, 0.4) is 0 Å². The van der Waals surface area contributed by atoms with Gasteiger partial charge in [0.2, 0.25) is 0 Å². The van der Waals surface area contributed by atoms with Crippen molar-refractivity contribution in [2.45, 2.75) is 32.8 Å². The van der Waals surface area contributed by atoms with Crippen LogP contribution in [-0.2, 0) is 19.0 Å². The number of carbonyl (C=O) groups is 1. The largest absolute Gasteiger partial charge is 0.515 e. The van der Waals surface area contributed by atoms with Gasteiger partial charge in [0.25, 0.3) is 0 Å². The lowest BCUT2D eigenvalue weighted by Crippen LogP contribution is -2.29. The third kappa shape index (κ3) is 6.90. The Kier molecular flexibility index (Phi) is 9.47. The first-order valence-corrected chi connectivity index (χ1v) is 8.31. The highest BCUT2D eigenvalue weighted by atomic mass is 16.7. The van der Waals surface area contributed by atoms with Crippen LogP contribution in [0, 0.1) is 6.92 Å². The summed E-state index contributed by atoms with van der Waals surface area (Å²) in [5, 5.41) is 11.0. The van der Waals surface area contributed by atoms with Crippen LogP contribution in [0.2, 0.25) is 0 Å². The number of allylic oxidation sites excluding steroid dienone is 1. The molecule has 0 saturated carbocycles. The number of aliphatic hydroxyl groups is 1. The minimum atomic E-state index is -0.374. The van der Waals surface area contributed by atoms with Crippen molar-refractivity contribution in [3.63, 3.8) is 0 Å². The second-order valence-electron chi connectivity index (χ2n) is 5.93. The van der Waals surface area contributed by atoms with E-state index in [-0.39, 0.29) is 18.9 Å². The van der Waals surface area contributed by atoms with E-state index in [4.69, 9.17) is 14.2 Å². The highest BCUT2D eigenvalue weighted by Gasteiger charge is 2.09. The summed E-state index contributed by atoms with van der Waals surface area (Å²) in [6, 6.07) is 3.80. The average Bonchev–Trinajstić information content (AvgIpc) is 2.63. The molecule has 0 aromatic heterocycles. The number of esters is 1. The molecule has 1 rings (SSSR count). The molecule has 1 N–H and O–H groups in total. The second-order valence-corrected chi connectivity index (χ2v) is 5.93. The molecule has 1 aromatic rings. The fourth-order valence-corrected chi connectivity index (χ4v) is 2.51. The first kappa shape index (κ1) is 21.7. The molecular weight excluding hydrogens is 336 g/mol. The summed E-state index contributed by atoms with van der Waals surface area (Å²) in [6.07, 6.45) is 5.45. The monoisotopic (exact) mass is 364 g/mol. The molecule has 6 nitrogen and oxygen atoms in total. The molecule has 0 spiro atoms. The van der Waals surface area contributed by atoms with Crippen molar-refractivity contribution in [2.24, 2.45) is 0 Å². The smallest absolute Gasteiger partial charge is 0.330 e. The zero-order valence-corrected chi connectivity index (χ0v) is 16.1. The Bertz CT molecular complexity index is 735. The normalized spacial score (nSPS) is 14.4. The van der Waals surface area contributed by atoms with E-state index in [2.05, 4.69) is 4.74 Å². The highest BCUT2D eigenvalue weighted by Crippen LogP contribution is 2.12. The fourth-order valence-electron chi connectivity index (χ4n) is 2.51. The van der Waals surface area contributed by atoms with Crippen LogP contribution >= 0.6 is 0 Å². The predicted octanol–water partition coefficient (Wildman–Crippen LogP) is 1.97. The van der Waals surface area contributed by atoms with Gasteiger partial charge in [0.05, 0.1) is 31.8 Å². The van der Waals surface area contributed by atoms with E-state index in [0.717, 1.165) is 22.6 Å². The first-order chi connectivity index (χ1) is 12.4. The van der Waals surface area contributed by atoms with Gasteiger partial charge < -0.3 is 24.1 Å². The summed E-state index contributed by atoms with van der Waals surface area (Å²) in [5.74, 6) is 0.215. The molecule has 1 atom stereocenters. The number of rotatable bonds is 9. The van der Waals surface area contributed by atoms with Crippen LogP contribution in [0.4, 0.5) is 0 Å². The second kappa shape index (κ2) is 11.3. The molecule has 0 radical (unpaired) electrons. The maximum atomic E-state index is 11.3. The SMILES string of the molecule is COCO[C@H](/C=c1\cc(C)cc(OC)\c1=C/O)CC/C(C)=C/C(=O)OC. The molecule has 144 valence electrons. The van der Waals surface area contributed by atoms with Gasteiger partial charge in [-0.15, -0.1) is 0 Å². The number of carbonyl (C=O) groups excluding carboxylic acids is 1. The zero-order chi connectivity index (χ0) is 19.5. The van der Waals surface area contributed by atoms with E-state index < -0.39 is 0 Å². The van der Waals surface area contributed by atoms with E-state index >= 15 is 0 Å². The van der Waals surface area contributed by atoms with Crippen molar-refractivity contribution in [1.82, 2.24) is 0 Å². The Morgan fingerprint density at radius 2 is 2.00 bits per heavy atom. The van der Waals surface area contributed by atoms with Crippen LogP contribution in [0.1, 0.15) is 25.3 Å². The number of benzene rings is 1. The molecule has 1 aromatic carbocycles. The lowest BCUT2D eigenvalue weighted by atomic mass is 10.1. The third-order valence-corrected chi connectivity index (χ3v) is 3.82. The fraction of sp³-hybridized carbons (Fsp3) is 0.450. The minimum Gasteiger partial charge on any atom is -0.515 e. The van der Waals surface area contributed by atoms with Crippen molar-refractivity contribution in [1.29, 1.82) is 0 Å². The highest BCUT2D eigenvalue weighted by molar-refractivity contribution is 5.82. The molecule has 0 unspecified atom stereocenters. The summed E-state index contributed by atoms with van der Waals surface area (Å²) < 4.78 is 20.7. The van der Waals surface area contributed by atoms with Crippen molar-refractivity contribution in [3.05, 3.63) is 39.8 Å². The summed E-state index contributed by atoms with van der Waals surface area (Å²) >= 11 is 0. The number of hydrogen-bond acceptors (Lipinski definition) is 6. The molecule has 0 amide bonds. The third-order valence-electron chi connectivity index (χ3n) is 3.82. The molecule has 0 aliphatic carbocycles. The van der Waals surface area contributed by atoms with Gasteiger partial charge >= 0.3 is 5.97 Å². The number of ether oxygens (including phenoxy) is 4. The maximum absolute atomic E-state index is 11.3. The van der Waals surface area contributed by atoms with Crippen molar-refractivity contribution >= 4 is 18.3 Å². The molecule has 0 fully saturated rings. The van der Waals surface area contributed by atoms with Gasteiger partial charge in [-0.2, -0.15) is 0 Å². The van der Waals surface area contributed by atoms with Gasteiger partial charge in [-0.05, 0) is 49.6 Å². The average molecular weight is 364 g/mol. The summed E-state index contributed by atoms with van der Waals surface area (Å²) in [7, 11) is 4.47. The number of methoxy groups -OCH3 is 3. The maximum Gasteiger partial charge on any atom is 0.330 e. The lowest BCUT2D eigenvalue weighted by Gasteiger charge is -2.14. The van der Waals surface area contributed by atoms with E-state index in [1.54, 1.807) is 14.2 Å². The molecule has 6 heteroatoms. The van der Waals surface area contributed by atoms with Gasteiger partial charge in [-0.25, -0.2) is 4.79 Å². The van der Waals surface area contributed by atoms with E-state index in [9.17, 15) is 9.90 Å². The van der Waals surface area contributed by atoms with Crippen LogP contribution in [0.5, 0.6) is 5.75 Å². The first-order valence-electron chi connectivity index (χ1n) is 8.31. The van der Waals surface area contributed by atoms with E-state index in [0.29, 0.717) is 23.8 Å². The molecule has 0 saturated heterocycles. The number of hydrogen-bond donors (Lipinski definition) is 1. The summed E-state index contributed by atoms with van der Waals surface area (Å²) in [6.45, 7) is 3.96. The van der Waals surface area contributed by atoms with Gasteiger partial charge in [0, 0.05) is 13.2 Å². The van der Waals surface area contributed by atoms with Crippen molar-refractivity contribution in [3.8, 4) is 5.75 Å². The number of aryl methyl sites for hydroxylation is 1. The standard InChI is InChI=1S/C20H28O6/c1-14(10-20(22)25-5)6-7-17(26-13-23-3)11-16-8-15(2)9-19(24-4)18(16)12-21/h8-12,17,21H,6-7,13H2,1-5H3/b14-10+,16-11+,18-12-/t17-/m0/s1. The summed E-state index contributed by atoms with van der Waals surface area (Å²) in [5.41, 5.74) is 1.90. The van der Waals surface area contributed by atoms with Gasteiger partial charge in [0.1, 0.15) is 12.5 Å². The Hall–Kier alpha value is -2.31. The minimum absolute atomic E-state index is 0.141. The molecule has 0 aliphatic rings. The number of aliphatic hydroxyl groups excluding tert-OH is 1. The predicted molar refractivity (Wildman–Crippen MR) is 100 cm³/mol. The Labute approximate surface area is 154 Å². The lowest BCUT2D eigenvalue weighted by molar-refractivity contribution is -0.134. The van der Waals surface area contributed by atoms with Gasteiger partial charge in [-0.3, -0.25) is 0 Å². The summed E-state index contributed by atoms with van der Waals surface area (Å²) in [4.78, 5) is 11.3. The Morgan fingerprint density at radius 3 is 2.58 bits per heavy atom. The molecule has 26 heavy (non-hydrogen) atoms. The van der Waals surface area contributed by atoms with Gasteiger partial charge in [-0.1, -0.05) is 11.6 Å². The van der Waals surface area contributed by atoms with E-state index in [1.807, 2.05) is 32.1 Å². The molecular formula is C20H28O6. The topological polar surface area (TPSA) is 74.2 Å². The van der Waals surface area contributed by atoms with E-state index in [1.165, 1.54) is 13.2 Å². The van der Waals surface area contributed by atoms with Crippen LogP contribution in [-0.4, -0.2) is 45.3 Å². The van der Waals surface area contributed by atoms with Crippen LogP contribution in [0.15, 0.2) is 23.8 Å². The van der Waals surface area contributed by atoms with Crippen molar-refractivity contribution in [2.75, 3.05) is 28.1 Å². The molecule has 0 bridgehead atoms. The molecule has 0 heterocycles. The van der Waals surface area contributed by atoms with Crippen LogP contribution in [0.25, 0.3) is 12.3 Å². The van der Waals surface area contributed by atoms with Crippen LogP contribution < -0.4 is 15.2 Å². The Morgan fingerprint density at radius 1 is 1.27 bits per heavy atom. The zero-order valence-electron chi connectivity index (χ0n) is 16.1. The molecule has 0 aliphatic heterocycles. The quantitative estimate of drug-likeness (QED) is 0.410. The van der Waals surface area contributed by atoms with Crippen molar-refractivity contribution < 1.29 is 28.8 Å².